The number of phenolic OH excluding ortho intramolecular Hbond substituents is 1. The molecule has 0 saturated carbocycles. The molecule has 0 spiro atoms. The monoisotopic (exact) mass is 310 g/mol. The van der Waals surface area contributed by atoms with Gasteiger partial charge in [0.25, 0.3) is 5.91 Å². The summed E-state index contributed by atoms with van der Waals surface area (Å²) >= 11 is 0. The van der Waals surface area contributed by atoms with Crippen molar-refractivity contribution in [2.24, 2.45) is 0 Å². The Morgan fingerprint density at radius 1 is 1.09 bits per heavy atom. The van der Waals surface area contributed by atoms with Crippen molar-refractivity contribution in [3.8, 4) is 5.75 Å². The van der Waals surface area contributed by atoms with Crippen molar-refractivity contribution in [1.82, 2.24) is 0 Å². The maximum absolute atomic E-state index is 12.2. The minimum atomic E-state index is -0.257. The molecule has 118 valence electrons. The van der Waals surface area contributed by atoms with Crippen molar-refractivity contribution in [3.63, 3.8) is 0 Å². The average molecular weight is 310 g/mol. The Morgan fingerprint density at radius 3 is 2.57 bits per heavy atom. The van der Waals surface area contributed by atoms with E-state index in [0.29, 0.717) is 17.7 Å². The second-order valence-corrected chi connectivity index (χ2v) is 5.55. The summed E-state index contributed by atoms with van der Waals surface area (Å²) in [6.45, 7) is 0.730. The molecule has 0 aromatic heterocycles. The number of hydrogen-bond acceptors (Lipinski definition) is 3. The van der Waals surface area contributed by atoms with Gasteiger partial charge in [0.1, 0.15) is 5.75 Å². The highest BCUT2D eigenvalue weighted by molar-refractivity contribution is 6.04. The molecule has 1 fully saturated rings. The van der Waals surface area contributed by atoms with Crippen molar-refractivity contribution in [2.45, 2.75) is 19.3 Å². The van der Waals surface area contributed by atoms with Crippen LogP contribution in [0.25, 0.3) is 0 Å². The van der Waals surface area contributed by atoms with E-state index in [-0.39, 0.29) is 17.6 Å². The summed E-state index contributed by atoms with van der Waals surface area (Å²) in [6.07, 6.45) is 2.53. The van der Waals surface area contributed by atoms with Gasteiger partial charge in [-0.1, -0.05) is 6.07 Å². The highest BCUT2D eigenvalue weighted by Gasteiger charge is 2.19. The Kier molecular flexibility index (Phi) is 4.28. The van der Waals surface area contributed by atoms with Crippen LogP contribution in [-0.2, 0) is 4.79 Å². The molecule has 2 aromatic carbocycles. The number of aromatic hydroxyl groups is 1. The molecule has 0 unspecified atom stereocenters. The van der Waals surface area contributed by atoms with Gasteiger partial charge >= 0.3 is 0 Å². The quantitative estimate of drug-likeness (QED) is 0.915. The van der Waals surface area contributed by atoms with Gasteiger partial charge in [0.2, 0.25) is 5.91 Å². The van der Waals surface area contributed by atoms with Gasteiger partial charge < -0.3 is 15.3 Å². The van der Waals surface area contributed by atoms with E-state index in [1.54, 1.807) is 47.4 Å². The third-order valence-corrected chi connectivity index (χ3v) is 3.87. The molecule has 3 rings (SSSR count). The normalized spacial score (nSPS) is 14.6. The fourth-order valence-corrected chi connectivity index (χ4v) is 2.66. The molecule has 5 heteroatoms. The van der Waals surface area contributed by atoms with Gasteiger partial charge in [-0.3, -0.25) is 9.59 Å². The first kappa shape index (κ1) is 15.1. The number of anilines is 2. The molecular formula is C18H18N2O3. The topological polar surface area (TPSA) is 69.6 Å². The molecule has 0 aliphatic carbocycles. The maximum Gasteiger partial charge on any atom is 0.255 e. The number of phenols is 1. The summed E-state index contributed by atoms with van der Waals surface area (Å²) in [4.78, 5) is 25.9. The fourth-order valence-electron chi connectivity index (χ4n) is 2.66. The minimum Gasteiger partial charge on any atom is -0.508 e. The number of nitrogens with one attached hydrogen (secondary N) is 1. The van der Waals surface area contributed by atoms with Gasteiger partial charge in [-0.25, -0.2) is 0 Å². The van der Waals surface area contributed by atoms with Crippen LogP contribution in [0.5, 0.6) is 5.75 Å². The first-order valence-corrected chi connectivity index (χ1v) is 7.64. The van der Waals surface area contributed by atoms with Crippen LogP contribution >= 0.6 is 0 Å². The smallest absolute Gasteiger partial charge is 0.255 e. The van der Waals surface area contributed by atoms with Crippen molar-refractivity contribution >= 4 is 23.2 Å². The zero-order valence-corrected chi connectivity index (χ0v) is 12.7. The van der Waals surface area contributed by atoms with Crippen LogP contribution < -0.4 is 10.2 Å². The van der Waals surface area contributed by atoms with E-state index >= 15 is 0 Å². The molecular weight excluding hydrogens is 292 g/mol. The maximum atomic E-state index is 12.2. The molecule has 1 heterocycles. The molecule has 2 N–H and O–H groups in total. The van der Waals surface area contributed by atoms with Crippen LogP contribution in [0.3, 0.4) is 0 Å². The van der Waals surface area contributed by atoms with Crippen LogP contribution in [0.2, 0.25) is 0 Å². The Labute approximate surface area is 134 Å². The average Bonchev–Trinajstić information content (AvgIpc) is 2.55. The van der Waals surface area contributed by atoms with E-state index in [1.807, 2.05) is 0 Å². The third-order valence-electron chi connectivity index (χ3n) is 3.87. The zero-order valence-electron chi connectivity index (χ0n) is 12.7. The van der Waals surface area contributed by atoms with Crippen molar-refractivity contribution in [3.05, 3.63) is 54.1 Å². The molecule has 0 atom stereocenters. The van der Waals surface area contributed by atoms with E-state index in [4.69, 9.17) is 0 Å². The molecule has 0 radical (unpaired) electrons. The van der Waals surface area contributed by atoms with Crippen LogP contribution in [-0.4, -0.2) is 23.5 Å². The predicted molar refractivity (Wildman–Crippen MR) is 88.7 cm³/mol. The Bertz CT molecular complexity index is 725. The number of benzene rings is 2. The molecule has 5 nitrogen and oxygen atoms in total. The van der Waals surface area contributed by atoms with Gasteiger partial charge in [0, 0.05) is 36.0 Å². The first-order chi connectivity index (χ1) is 11.1. The highest BCUT2D eigenvalue weighted by Crippen LogP contribution is 2.22. The second-order valence-electron chi connectivity index (χ2n) is 5.55. The molecule has 2 aromatic rings. The van der Waals surface area contributed by atoms with Crippen LogP contribution in [0.4, 0.5) is 11.4 Å². The summed E-state index contributed by atoms with van der Waals surface area (Å²) in [6, 6.07) is 13.4. The van der Waals surface area contributed by atoms with Crippen LogP contribution in [0.15, 0.2) is 48.5 Å². The number of piperidine rings is 1. The SMILES string of the molecule is O=C(Nc1cccc(O)c1)c1ccc(N2CCCCC2=O)cc1. The third kappa shape index (κ3) is 3.51. The molecule has 2 amide bonds. The van der Waals surface area contributed by atoms with E-state index in [0.717, 1.165) is 25.1 Å². The number of rotatable bonds is 3. The number of carbonyl (C=O) groups is 2. The summed E-state index contributed by atoms with van der Waals surface area (Å²) in [5, 5.41) is 12.1. The van der Waals surface area contributed by atoms with E-state index < -0.39 is 0 Å². The summed E-state index contributed by atoms with van der Waals surface area (Å²) in [5.74, 6) is -0.0258. The highest BCUT2D eigenvalue weighted by atomic mass is 16.3. The summed E-state index contributed by atoms with van der Waals surface area (Å²) < 4.78 is 0. The fraction of sp³-hybridized carbons (Fsp3) is 0.222. The predicted octanol–water partition coefficient (Wildman–Crippen LogP) is 3.16. The second kappa shape index (κ2) is 6.52. The standard InChI is InChI=1S/C18H18N2O3/c21-16-5-3-4-14(12-16)19-18(23)13-7-9-15(10-8-13)20-11-2-1-6-17(20)22/h3-5,7-10,12,21H,1-2,6,11H2,(H,19,23). The molecule has 0 bridgehead atoms. The zero-order chi connectivity index (χ0) is 16.2. The lowest BCUT2D eigenvalue weighted by Crippen LogP contribution is -2.35. The van der Waals surface area contributed by atoms with Gasteiger partial charge in [0.05, 0.1) is 0 Å². The van der Waals surface area contributed by atoms with E-state index in [1.165, 1.54) is 6.07 Å². The van der Waals surface area contributed by atoms with Crippen molar-refractivity contribution in [2.75, 3.05) is 16.8 Å². The Hall–Kier alpha value is -2.82. The molecule has 1 aliphatic heterocycles. The van der Waals surface area contributed by atoms with Crippen LogP contribution in [0.1, 0.15) is 29.6 Å². The molecule has 1 saturated heterocycles. The summed E-state index contributed by atoms with van der Waals surface area (Å²) in [5.41, 5.74) is 1.86. The Balaban J connectivity index is 1.71. The van der Waals surface area contributed by atoms with E-state index in [2.05, 4.69) is 5.32 Å². The van der Waals surface area contributed by atoms with Crippen molar-refractivity contribution in [1.29, 1.82) is 0 Å². The van der Waals surface area contributed by atoms with Gasteiger partial charge in [-0.2, -0.15) is 0 Å². The Morgan fingerprint density at radius 2 is 1.87 bits per heavy atom. The lowest BCUT2D eigenvalue weighted by Gasteiger charge is -2.26. The van der Waals surface area contributed by atoms with Crippen LogP contribution in [0, 0.1) is 0 Å². The van der Waals surface area contributed by atoms with E-state index in [9.17, 15) is 14.7 Å². The number of nitrogens with zero attached hydrogens (tertiary/aromatic N) is 1. The summed E-state index contributed by atoms with van der Waals surface area (Å²) in [7, 11) is 0. The lowest BCUT2D eigenvalue weighted by atomic mass is 10.1. The minimum absolute atomic E-state index is 0.0989. The van der Waals surface area contributed by atoms with Gasteiger partial charge in [0.15, 0.2) is 0 Å². The molecule has 23 heavy (non-hydrogen) atoms. The number of carbonyl (C=O) groups excluding carboxylic acids is 2. The van der Waals surface area contributed by atoms with Crippen molar-refractivity contribution < 1.29 is 14.7 Å². The van der Waals surface area contributed by atoms with Gasteiger partial charge in [-0.15, -0.1) is 0 Å². The number of amides is 2. The first-order valence-electron chi connectivity index (χ1n) is 7.64. The molecule has 1 aliphatic rings. The lowest BCUT2D eigenvalue weighted by molar-refractivity contribution is -0.119. The largest absolute Gasteiger partial charge is 0.508 e. The number of hydrogen-bond donors (Lipinski definition) is 2. The van der Waals surface area contributed by atoms with Gasteiger partial charge in [-0.05, 0) is 49.2 Å².